The summed E-state index contributed by atoms with van der Waals surface area (Å²) in [6, 6.07) is 1.80. The van der Waals surface area contributed by atoms with Gasteiger partial charge >= 0.3 is 6.18 Å². The number of aliphatic imine (C=N–C) groups is 1. The second-order valence-corrected chi connectivity index (χ2v) is 8.35. The third kappa shape index (κ3) is 5.95. The molecule has 6 N–H and O–H groups in total. The highest BCUT2D eigenvalue weighted by atomic mass is 32.2. The van der Waals surface area contributed by atoms with Crippen LogP contribution in [0.1, 0.15) is 19.8 Å². The standard InChI is InChI=1S/C18H22F3N5O4S/c1-2-3-13(9-25-31(29,30)14-5-6-15(22)23-10-14)26-16-7-4-12(8-24-16)17(28,11-27)18(19,20)21/h5-6,8,10,13,25,27-28H,4,7,9,11H2,1H3,(H2,22,23)(H,24,26). The lowest BCUT2D eigenvalue weighted by molar-refractivity contribution is -0.255. The highest BCUT2D eigenvalue weighted by molar-refractivity contribution is 7.89. The van der Waals surface area contributed by atoms with Gasteiger partial charge in [-0.1, -0.05) is 5.92 Å². The van der Waals surface area contributed by atoms with Crippen molar-refractivity contribution in [3.8, 4) is 11.8 Å². The first kappa shape index (κ1) is 24.6. The Bertz CT molecular complexity index is 1010. The van der Waals surface area contributed by atoms with Crippen molar-refractivity contribution < 1.29 is 31.8 Å². The highest BCUT2D eigenvalue weighted by Gasteiger charge is 2.56. The van der Waals surface area contributed by atoms with E-state index in [0.717, 1.165) is 12.4 Å². The number of aliphatic hydroxyl groups is 2. The molecule has 2 heterocycles. The average molecular weight is 461 g/mol. The molecular formula is C18H22F3N5O4S. The van der Waals surface area contributed by atoms with E-state index in [1.165, 1.54) is 19.1 Å². The van der Waals surface area contributed by atoms with Crippen LogP contribution in [0, 0.1) is 11.8 Å². The van der Waals surface area contributed by atoms with Gasteiger partial charge in [0.1, 0.15) is 22.6 Å². The molecule has 1 aromatic heterocycles. The van der Waals surface area contributed by atoms with E-state index in [4.69, 9.17) is 10.8 Å². The molecule has 1 aromatic rings. The summed E-state index contributed by atoms with van der Waals surface area (Å²) in [5.41, 5.74) is 1.65. The largest absolute Gasteiger partial charge is 0.423 e. The van der Waals surface area contributed by atoms with E-state index in [1.807, 2.05) is 0 Å². The lowest BCUT2D eigenvalue weighted by Crippen LogP contribution is -2.51. The SMILES string of the molecule is CC#CC(CNS(=O)(=O)c1ccc(N)nc1)N=C1CCC(C(O)(CO)C(F)(F)F)=CN1. The first-order chi connectivity index (χ1) is 14.4. The van der Waals surface area contributed by atoms with Crippen molar-refractivity contribution in [1.82, 2.24) is 15.0 Å². The third-order valence-electron chi connectivity index (χ3n) is 4.43. The fraction of sp³-hybridized carbons (Fsp3) is 0.444. The second kappa shape index (κ2) is 9.65. The molecule has 0 spiro atoms. The molecule has 13 heteroatoms. The lowest BCUT2D eigenvalue weighted by Gasteiger charge is -2.33. The molecule has 2 unspecified atom stereocenters. The van der Waals surface area contributed by atoms with Crippen molar-refractivity contribution in [1.29, 1.82) is 0 Å². The van der Waals surface area contributed by atoms with Crippen LogP contribution in [0.5, 0.6) is 0 Å². The molecule has 0 aromatic carbocycles. The fourth-order valence-corrected chi connectivity index (χ4v) is 3.66. The number of aliphatic hydroxyl groups excluding tert-OH is 1. The number of aromatic nitrogens is 1. The Hall–Kier alpha value is -2.66. The Morgan fingerprint density at radius 1 is 1.39 bits per heavy atom. The molecule has 1 aliphatic heterocycles. The van der Waals surface area contributed by atoms with Crippen LogP contribution in [-0.2, 0) is 10.0 Å². The highest BCUT2D eigenvalue weighted by Crippen LogP contribution is 2.38. The number of hydrogen-bond donors (Lipinski definition) is 5. The van der Waals surface area contributed by atoms with Crippen molar-refractivity contribution in [2.75, 3.05) is 18.9 Å². The second-order valence-electron chi connectivity index (χ2n) is 6.59. The topological polar surface area (TPSA) is 150 Å². The summed E-state index contributed by atoms with van der Waals surface area (Å²) in [7, 11) is -3.90. The minimum Gasteiger partial charge on any atom is -0.393 e. The summed E-state index contributed by atoms with van der Waals surface area (Å²) in [5, 5.41) is 21.4. The van der Waals surface area contributed by atoms with Gasteiger partial charge in [-0.3, -0.25) is 4.99 Å². The summed E-state index contributed by atoms with van der Waals surface area (Å²) >= 11 is 0. The van der Waals surface area contributed by atoms with Gasteiger partial charge in [0.2, 0.25) is 15.6 Å². The number of nitrogens with two attached hydrogens (primary N) is 1. The maximum Gasteiger partial charge on any atom is 0.423 e. The number of halogens is 3. The maximum absolute atomic E-state index is 13.1. The van der Waals surface area contributed by atoms with Gasteiger partial charge in [-0.15, -0.1) is 5.92 Å². The maximum atomic E-state index is 13.1. The predicted molar refractivity (Wildman–Crippen MR) is 107 cm³/mol. The number of alkyl halides is 3. The van der Waals surface area contributed by atoms with Crippen LogP contribution < -0.4 is 15.8 Å². The number of nitrogens with one attached hydrogen (secondary N) is 2. The number of nitrogens with zero attached hydrogens (tertiary/aromatic N) is 2. The monoisotopic (exact) mass is 461 g/mol. The Morgan fingerprint density at radius 2 is 2.10 bits per heavy atom. The zero-order valence-electron chi connectivity index (χ0n) is 16.4. The van der Waals surface area contributed by atoms with Crippen LogP contribution in [0.2, 0.25) is 0 Å². The zero-order valence-corrected chi connectivity index (χ0v) is 17.3. The van der Waals surface area contributed by atoms with Crippen LogP contribution in [0.3, 0.4) is 0 Å². The van der Waals surface area contributed by atoms with Crippen LogP contribution >= 0.6 is 0 Å². The van der Waals surface area contributed by atoms with E-state index in [1.54, 1.807) is 0 Å². The van der Waals surface area contributed by atoms with Crippen LogP contribution in [0.25, 0.3) is 0 Å². The Morgan fingerprint density at radius 3 is 2.58 bits per heavy atom. The van der Waals surface area contributed by atoms with Crippen LogP contribution in [-0.4, -0.2) is 60.4 Å². The summed E-state index contributed by atoms with van der Waals surface area (Å²) in [4.78, 5) is 7.86. The van der Waals surface area contributed by atoms with Crippen molar-refractivity contribution >= 4 is 21.7 Å². The summed E-state index contributed by atoms with van der Waals surface area (Å²) < 4.78 is 66.3. The molecule has 0 fully saturated rings. The molecule has 1 aliphatic rings. The van der Waals surface area contributed by atoms with Gasteiger partial charge in [-0.25, -0.2) is 18.1 Å². The predicted octanol–water partition coefficient (Wildman–Crippen LogP) is 0.285. The number of rotatable bonds is 7. The smallest absolute Gasteiger partial charge is 0.393 e. The summed E-state index contributed by atoms with van der Waals surface area (Å²) in [5.74, 6) is 5.75. The molecule has 0 saturated carbocycles. The molecule has 0 bridgehead atoms. The first-order valence-electron chi connectivity index (χ1n) is 8.99. The van der Waals surface area contributed by atoms with Gasteiger partial charge in [-0.2, -0.15) is 13.2 Å². The number of pyridine rings is 1. The average Bonchev–Trinajstić information content (AvgIpc) is 2.71. The van der Waals surface area contributed by atoms with Crippen molar-refractivity contribution in [2.24, 2.45) is 4.99 Å². The van der Waals surface area contributed by atoms with Crippen LogP contribution in [0.15, 0.2) is 40.0 Å². The van der Waals surface area contributed by atoms with Crippen molar-refractivity contribution in [3.63, 3.8) is 0 Å². The Balaban J connectivity index is 2.12. The van der Waals surface area contributed by atoms with Gasteiger partial charge in [-0.05, 0) is 31.1 Å². The Kier molecular flexibility index (Phi) is 7.66. The fourth-order valence-electron chi connectivity index (χ4n) is 2.68. The molecule has 0 radical (unpaired) electrons. The number of hydrogen-bond acceptors (Lipinski definition) is 7. The first-order valence-corrected chi connectivity index (χ1v) is 10.5. The molecule has 9 nitrogen and oxygen atoms in total. The van der Waals surface area contributed by atoms with E-state index in [9.17, 15) is 26.7 Å². The number of amidine groups is 1. The van der Waals surface area contributed by atoms with E-state index >= 15 is 0 Å². The normalized spacial score (nSPS) is 18.9. The third-order valence-corrected chi connectivity index (χ3v) is 5.84. The molecule has 0 aliphatic carbocycles. The van der Waals surface area contributed by atoms with E-state index < -0.39 is 40.0 Å². The number of anilines is 1. The van der Waals surface area contributed by atoms with E-state index in [0.29, 0.717) is 0 Å². The molecule has 0 amide bonds. The zero-order chi connectivity index (χ0) is 23.3. The molecule has 2 atom stereocenters. The van der Waals surface area contributed by atoms with E-state index in [2.05, 4.69) is 31.9 Å². The quantitative estimate of drug-likeness (QED) is 0.366. The van der Waals surface area contributed by atoms with Crippen LogP contribution in [0.4, 0.5) is 19.0 Å². The number of nitrogen functional groups attached to an aromatic ring is 1. The van der Waals surface area contributed by atoms with Gasteiger partial charge in [0, 0.05) is 25.4 Å². The van der Waals surface area contributed by atoms with E-state index in [-0.39, 0.29) is 35.9 Å². The lowest BCUT2D eigenvalue weighted by atomic mass is 9.89. The molecule has 170 valence electrons. The molecule has 31 heavy (non-hydrogen) atoms. The Labute approximate surface area is 177 Å². The van der Waals surface area contributed by atoms with Crippen molar-refractivity contribution in [2.45, 2.75) is 42.5 Å². The minimum absolute atomic E-state index is 0.000744. The summed E-state index contributed by atoms with van der Waals surface area (Å²) in [6.45, 7) is -0.177. The van der Waals surface area contributed by atoms with Gasteiger partial charge in [0.05, 0.1) is 6.61 Å². The minimum atomic E-state index is -5.05. The number of sulfonamides is 1. The van der Waals surface area contributed by atoms with Gasteiger partial charge in [0.25, 0.3) is 0 Å². The molecular weight excluding hydrogens is 439 g/mol. The molecule has 2 rings (SSSR count). The molecule has 0 saturated heterocycles. The van der Waals surface area contributed by atoms with Crippen molar-refractivity contribution in [3.05, 3.63) is 30.1 Å². The van der Waals surface area contributed by atoms with Gasteiger partial charge < -0.3 is 21.3 Å². The summed E-state index contributed by atoms with van der Waals surface area (Å²) in [6.07, 6.45) is -3.22. The van der Waals surface area contributed by atoms with Gasteiger partial charge in [0.15, 0.2) is 0 Å².